The minimum Gasteiger partial charge on any atom is -0.593 e. The fraction of sp³-hybridized carbons (Fsp3) is 0.286. The molecule has 2 heterocycles. The van der Waals surface area contributed by atoms with Crippen molar-refractivity contribution in [3.05, 3.63) is 70.5 Å². The molecule has 1 saturated heterocycles. The molecule has 1 aromatic heterocycles. The zero-order chi connectivity index (χ0) is 21.1. The third kappa shape index (κ3) is 5.22. The lowest BCUT2D eigenvalue weighted by atomic mass is 10.2. The van der Waals surface area contributed by atoms with Crippen LogP contribution in [0.15, 0.2) is 64.9 Å². The van der Waals surface area contributed by atoms with Gasteiger partial charge >= 0.3 is 6.18 Å². The largest absolute Gasteiger partial charge is 0.593 e. The van der Waals surface area contributed by atoms with Gasteiger partial charge in [-0.15, -0.1) is 16.1 Å². The third-order valence-electron chi connectivity index (χ3n) is 4.90. The average molecular weight is 452 g/mol. The molecule has 0 radical (unpaired) electrons. The summed E-state index contributed by atoms with van der Waals surface area (Å²) in [5.41, 5.74) is 1.24. The summed E-state index contributed by atoms with van der Waals surface area (Å²) >= 11 is -0.0829. The van der Waals surface area contributed by atoms with Gasteiger partial charge in [-0.3, -0.25) is 4.90 Å². The van der Waals surface area contributed by atoms with Crippen LogP contribution in [0.3, 0.4) is 0 Å². The Balaban J connectivity index is 1.32. The van der Waals surface area contributed by atoms with E-state index in [0.29, 0.717) is 13.1 Å². The highest BCUT2D eigenvalue weighted by Gasteiger charge is 2.33. The van der Waals surface area contributed by atoms with Gasteiger partial charge in [-0.25, -0.2) is 4.98 Å². The predicted molar refractivity (Wildman–Crippen MR) is 112 cm³/mol. The first-order chi connectivity index (χ1) is 14.4. The van der Waals surface area contributed by atoms with Gasteiger partial charge in [0.25, 0.3) is 0 Å². The van der Waals surface area contributed by atoms with Crippen LogP contribution in [0.4, 0.5) is 13.2 Å². The topological polar surface area (TPSA) is 51.2 Å². The fourth-order valence-electron chi connectivity index (χ4n) is 3.40. The van der Waals surface area contributed by atoms with Gasteiger partial charge in [0.2, 0.25) is 0 Å². The lowest BCUT2D eigenvalue weighted by Crippen LogP contribution is -2.37. The van der Waals surface area contributed by atoms with Crippen LogP contribution in [0.2, 0.25) is 0 Å². The normalized spacial score (nSPS) is 18.6. The maximum Gasteiger partial charge on any atom is 0.416 e. The Morgan fingerprint density at radius 1 is 1.17 bits per heavy atom. The zero-order valence-electron chi connectivity index (χ0n) is 15.9. The molecule has 0 saturated carbocycles. The van der Waals surface area contributed by atoms with Crippen molar-refractivity contribution in [3.63, 3.8) is 0 Å². The highest BCUT2D eigenvalue weighted by molar-refractivity contribution is 7.89. The number of hydrogen-bond acceptors (Lipinski definition) is 5. The van der Waals surface area contributed by atoms with Crippen molar-refractivity contribution >= 4 is 22.7 Å². The second-order valence-corrected chi connectivity index (χ2v) is 9.31. The summed E-state index contributed by atoms with van der Waals surface area (Å²) in [7, 11) is 0. The van der Waals surface area contributed by atoms with Gasteiger partial charge in [-0.1, -0.05) is 36.4 Å². The Labute approximate surface area is 180 Å². The number of thiazole rings is 1. The van der Waals surface area contributed by atoms with E-state index in [1.54, 1.807) is 11.3 Å². The van der Waals surface area contributed by atoms with Gasteiger partial charge in [0.1, 0.15) is 5.01 Å². The lowest BCUT2D eigenvalue weighted by molar-refractivity contribution is -0.137. The minimum atomic E-state index is -4.45. The molecule has 3 aromatic rings. The molecule has 1 aliphatic heterocycles. The van der Waals surface area contributed by atoms with E-state index in [-0.39, 0.29) is 10.9 Å². The first kappa shape index (κ1) is 21.3. The van der Waals surface area contributed by atoms with Crippen LogP contribution in [-0.2, 0) is 24.1 Å². The van der Waals surface area contributed by atoms with Crippen molar-refractivity contribution < 1.29 is 17.7 Å². The van der Waals surface area contributed by atoms with E-state index in [0.717, 1.165) is 41.4 Å². The van der Waals surface area contributed by atoms with Gasteiger partial charge in [0, 0.05) is 30.1 Å². The van der Waals surface area contributed by atoms with E-state index >= 15 is 0 Å². The molecule has 158 valence electrons. The van der Waals surface area contributed by atoms with Gasteiger partial charge in [0.05, 0.1) is 35.2 Å². The molecule has 30 heavy (non-hydrogen) atoms. The van der Waals surface area contributed by atoms with E-state index in [1.165, 1.54) is 12.1 Å². The van der Waals surface area contributed by atoms with Crippen LogP contribution >= 0.6 is 11.3 Å². The van der Waals surface area contributed by atoms with Crippen molar-refractivity contribution in [1.82, 2.24) is 14.6 Å². The van der Waals surface area contributed by atoms with E-state index in [2.05, 4.69) is 9.62 Å². The number of aromatic nitrogens is 1. The van der Waals surface area contributed by atoms with Crippen molar-refractivity contribution in [2.45, 2.75) is 30.1 Å². The van der Waals surface area contributed by atoms with Gasteiger partial charge in [-0.05, 0) is 18.6 Å². The van der Waals surface area contributed by atoms with E-state index in [4.69, 9.17) is 4.98 Å². The Morgan fingerprint density at radius 2 is 1.97 bits per heavy atom. The third-order valence-corrected chi connectivity index (χ3v) is 6.96. The second-order valence-electron chi connectivity index (χ2n) is 7.13. The Hall–Kier alpha value is -1.91. The number of nitrogens with one attached hydrogen (secondary N) is 1. The molecule has 1 N–H and O–H groups in total. The maximum atomic E-state index is 12.9. The van der Waals surface area contributed by atoms with Gasteiger partial charge < -0.3 is 4.55 Å². The lowest BCUT2D eigenvalue weighted by Gasteiger charge is -2.17. The fourth-order valence-corrected chi connectivity index (χ4v) is 5.31. The molecule has 9 heteroatoms. The van der Waals surface area contributed by atoms with Crippen LogP contribution < -0.4 is 4.72 Å². The number of rotatable bonds is 6. The van der Waals surface area contributed by atoms with Crippen molar-refractivity contribution in [3.8, 4) is 11.3 Å². The summed E-state index contributed by atoms with van der Waals surface area (Å²) in [6.45, 7) is 2.19. The van der Waals surface area contributed by atoms with Gasteiger partial charge in [-0.2, -0.15) is 13.2 Å². The molecule has 0 aliphatic carbocycles. The van der Waals surface area contributed by atoms with Crippen molar-refractivity contribution in [2.75, 3.05) is 13.1 Å². The van der Waals surface area contributed by atoms with E-state index < -0.39 is 23.1 Å². The quantitative estimate of drug-likeness (QED) is 0.552. The summed E-state index contributed by atoms with van der Waals surface area (Å²) in [6.07, 6.45) is -3.67. The first-order valence-corrected chi connectivity index (χ1v) is 11.5. The summed E-state index contributed by atoms with van der Waals surface area (Å²) in [6, 6.07) is 14.6. The maximum absolute atomic E-state index is 12.9. The molecule has 2 aromatic carbocycles. The SMILES string of the molecule is [O-][S@+](N[C@@H]1CCN(Cc2nc(-c3ccccc3)cs2)C1)c1cccc(C(F)(F)F)c1. The molecule has 4 nitrogen and oxygen atoms in total. The number of hydrogen-bond donors (Lipinski definition) is 1. The van der Waals surface area contributed by atoms with E-state index in [9.17, 15) is 17.7 Å². The molecule has 0 unspecified atom stereocenters. The highest BCUT2D eigenvalue weighted by Crippen LogP contribution is 2.30. The van der Waals surface area contributed by atoms with Crippen LogP contribution in [0.1, 0.15) is 17.0 Å². The first-order valence-electron chi connectivity index (χ1n) is 9.46. The highest BCUT2D eigenvalue weighted by atomic mass is 32.2. The van der Waals surface area contributed by atoms with Crippen molar-refractivity contribution in [1.29, 1.82) is 0 Å². The average Bonchev–Trinajstić information content (AvgIpc) is 3.38. The molecule has 2 atom stereocenters. The number of halogens is 3. The second kappa shape index (κ2) is 9.07. The predicted octanol–water partition coefficient (Wildman–Crippen LogP) is 4.72. The van der Waals surface area contributed by atoms with Crippen LogP contribution in [0.25, 0.3) is 11.3 Å². The molecule has 0 amide bonds. The van der Waals surface area contributed by atoms with Crippen molar-refractivity contribution in [2.24, 2.45) is 0 Å². The Morgan fingerprint density at radius 3 is 2.73 bits per heavy atom. The van der Waals surface area contributed by atoms with Crippen LogP contribution in [0.5, 0.6) is 0 Å². The smallest absolute Gasteiger partial charge is 0.416 e. The van der Waals surface area contributed by atoms with Gasteiger partial charge in [0.15, 0.2) is 4.90 Å². The number of alkyl halides is 3. The minimum absolute atomic E-state index is 0.0473. The van der Waals surface area contributed by atoms with E-state index in [1.807, 2.05) is 35.7 Å². The van der Waals surface area contributed by atoms with Crippen LogP contribution in [0, 0.1) is 0 Å². The monoisotopic (exact) mass is 451 g/mol. The van der Waals surface area contributed by atoms with Crippen LogP contribution in [-0.4, -0.2) is 33.6 Å². The summed E-state index contributed by atoms with van der Waals surface area (Å²) in [4.78, 5) is 7.05. The molecule has 4 rings (SSSR count). The summed E-state index contributed by atoms with van der Waals surface area (Å²) < 4.78 is 54.1. The molecular formula is C21H20F3N3OS2. The molecule has 1 aliphatic rings. The number of likely N-dealkylation sites (tertiary alicyclic amines) is 1. The summed E-state index contributed by atoms with van der Waals surface area (Å²) in [5.74, 6) is 0. The zero-order valence-corrected chi connectivity index (χ0v) is 17.6. The Bertz CT molecular complexity index is 981. The molecule has 0 spiro atoms. The standard InChI is InChI=1S/C21H20F3N3OS2/c22-21(23,24)16-7-4-8-18(11-16)30(28)26-17-9-10-27(12-17)13-20-25-19(14-29-20)15-5-2-1-3-6-15/h1-8,11,14,17,26H,9-10,12-13H2/t17-,30+/m1/s1. The Kier molecular flexibility index (Phi) is 6.45. The molecule has 0 bridgehead atoms. The number of nitrogens with zero attached hydrogens (tertiary/aromatic N) is 2. The number of benzene rings is 2. The molecular weight excluding hydrogens is 431 g/mol. The summed E-state index contributed by atoms with van der Waals surface area (Å²) in [5, 5.41) is 3.05. The molecule has 1 fully saturated rings.